The van der Waals surface area contributed by atoms with Crippen molar-refractivity contribution >= 4 is 16.8 Å². The molecule has 0 aliphatic rings. The summed E-state index contributed by atoms with van der Waals surface area (Å²) in [6.45, 7) is 2.50. The number of aromatic nitrogens is 3. The zero-order valence-corrected chi connectivity index (χ0v) is 13.6. The van der Waals surface area contributed by atoms with E-state index in [0.29, 0.717) is 13.0 Å². The van der Waals surface area contributed by atoms with Gasteiger partial charge in [0.25, 0.3) is 0 Å². The SMILES string of the molecule is Cc1nn(C)cc1CNC(=O)CCCc1c[nH]c2ccccc12. The maximum absolute atomic E-state index is 12.0. The highest BCUT2D eigenvalue weighted by atomic mass is 16.1. The van der Waals surface area contributed by atoms with Crippen LogP contribution in [0.5, 0.6) is 0 Å². The maximum Gasteiger partial charge on any atom is 0.220 e. The number of rotatable bonds is 6. The van der Waals surface area contributed by atoms with Crippen molar-refractivity contribution in [2.45, 2.75) is 32.7 Å². The number of fused-ring (bicyclic) bond motifs is 1. The molecule has 3 aromatic rings. The Morgan fingerprint density at radius 2 is 2.13 bits per heavy atom. The summed E-state index contributed by atoms with van der Waals surface area (Å²) in [5.74, 6) is 0.0908. The Kier molecular flexibility index (Phi) is 4.46. The number of carbonyl (C=O) groups is 1. The second-order valence-electron chi connectivity index (χ2n) is 5.90. The minimum atomic E-state index is 0.0908. The van der Waals surface area contributed by atoms with Crippen LogP contribution in [0.25, 0.3) is 10.9 Å². The fraction of sp³-hybridized carbons (Fsp3) is 0.333. The standard InChI is InChI=1S/C18H22N4O/c1-13-15(12-22(2)21-13)11-20-18(23)9-5-6-14-10-19-17-8-4-3-7-16(14)17/h3-4,7-8,10,12,19H,5-6,9,11H2,1-2H3,(H,20,23). The lowest BCUT2D eigenvalue weighted by molar-refractivity contribution is -0.121. The molecule has 2 N–H and O–H groups in total. The lowest BCUT2D eigenvalue weighted by atomic mass is 10.1. The molecular weight excluding hydrogens is 288 g/mol. The van der Waals surface area contributed by atoms with Crippen molar-refractivity contribution in [2.24, 2.45) is 7.05 Å². The Morgan fingerprint density at radius 1 is 1.30 bits per heavy atom. The minimum Gasteiger partial charge on any atom is -0.361 e. The molecule has 0 spiro atoms. The van der Waals surface area contributed by atoms with Gasteiger partial charge in [-0.05, 0) is 31.4 Å². The molecule has 5 heteroatoms. The lowest BCUT2D eigenvalue weighted by Gasteiger charge is -2.04. The highest BCUT2D eigenvalue weighted by molar-refractivity contribution is 5.83. The topological polar surface area (TPSA) is 62.7 Å². The van der Waals surface area contributed by atoms with Crippen LogP contribution in [0, 0.1) is 6.92 Å². The van der Waals surface area contributed by atoms with Crippen LogP contribution in [0.4, 0.5) is 0 Å². The van der Waals surface area contributed by atoms with Gasteiger partial charge in [-0.15, -0.1) is 0 Å². The smallest absolute Gasteiger partial charge is 0.220 e. The molecule has 23 heavy (non-hydrogen) atoms. The van der Waals surface area contributed by atoms with E-state index in [9.17, 15) is 4.79 Å². The third-order valence-electron chi connectivity index (χ3n) is 4.12. The van der Waals surface area contributed by atoms with Gasteiger partial charge >= 0.3 is 0 Å². The summed E-state index contributed by atoms with van der Waals surface area (Å²) < 4.78 is 1.77. The molecule has 2 aromatic heterocycles. The number of amides is 1. The molecule has 0 saturated heterocycles. The molecule has 0 saturated carbocycles. The van der Waals surface area contributed by atoms with E-state index in [1.54, 1.807) is 4.68 Å². The van der Waals surface area contributed by atoms with Gasteiger partial charge in [0.2, 0.25) is 5.91 Å². The number of H-pyrrole nitrogens is 1. The molecule has 0 bridgehead atoms. The highest BCUT2D eigenvalue weighted by Crippen LogP contribution is 2.19. The van der Waals surface area contributed by atoms with Crippen molar-refractivity contribution in [1.82, 2.24) is 20.1 Å². The van der Waals surface area contributed by atoms with E-state index in [2.05, 4.69) is 27.5 Å². The third kappa shape index (κ3) is 3.62. The first-order chi connectivity index (χ1) is 11.1. The fourth-order valence-electron chi connectivity index (χ4n) is 2.88. The van der Waals surface area contributed by atoms with E-state index in [-0.39, 0.29) is 5.91 Å². The van der Waals surface area contributed by atoms with Gasteiger partial charge in [0.1, 0.15) is 0 Å². The Hall–Kier alpha value is -2.56. The molecular formula is C18H22N4O. The minimum absolute atomic E-state index is 0.0908. The van der Waals surface area contributed by atoms with Gasteiger partial charge in [-0.3, -0.25) is 9.48 Å². The van der Waals surface area contributed by atoms with Crippen molar-refractivity contribution in [3.63, 3.8) is 0 Å². The second kappa shape index (κ2) is 6.69. The van der Waals surface area contributed by atoms with Crippen LogP contribution in [0.2, 0.25) is 0 Å². The molecule has 0 radical (unpaired) electrons. The molecule has 1 aromatic carbocycles. The Morgan fingerprint density at radius 3 is 2.91 bits per heavy atom. The summed E-state index contributed by atoms with van der Waals surface area (Å²) in [7, 11) is 1.89. The van der Waals surface area contributed by atoms with Gasteiger partial charge in [0.05, 0.1) is 5.69 Å². The predicted molar refractivity (Wildman–Crippen MR) is 91.0 cm³/mol. The van der Waals surface area contributed by atoms with Crippen LogP contribution in [0.1, 0.15) is 29.7 Å². The van der Waals surface area contributed by atoms with Crippen LogP contribution in [-0.2, 0) is 24.8 Å². The molecule has 0 atom stereocenters. The molecule has 2 heterocycles. The van der Waals surface area contributed by atoms with Crippen LogP contribution < -0.4 is 5.32 Å². The average molecular weight is 310 g/mol. The molecule has 0 unspecified atom stereocenters. The summed E-state index contributed by atoms with van der Waals surface area (Å²) in [4.78, 5) is 15.3. The molecule has 0 fully saturated rings. The number of hydrogen-bond donors (Lipinski definition) is 2. The quantitative estimate of drug-likeness (QED) is 0.735. The molecule has 0 aliphatic heterocycles. The van der Waals surface area contributed by atoms with Crippen molar-refractivity contribution in [3.05, 3.63) is 53.5 Å². The molecule has 3 rings (SSSR count). The lowest BCUT2D eigenvalue weighted by Crippen LogP contribution is -2.22. The first-order valence-electron chi connectivity index (χ1n) is 7.94. The number of carbonyl (C=O) groups excluding carboxylic acids is 1. The van der Waals surface area contributed by atoms with E-state index < -0.39 is 0 Å². The normalized spacial score (nSPS) is 11.0. The number of benzene rings is 1. The van der Waals surface area contributed by atoms with Gasteiger partial charge < -0.3 is 10.3 Å². The zero-order chi connectivity index (χ0) is 16.2. The summed E-state index contributed by atoms with van der Waals surface area (Å²) in [6, 6.07) is 8.26. The predicted octanol–water partition coefficient (Wildman–Crippen LogP) is 2.85. The number of nitrogens with zero attached hydrogens (tertiary/aromatic N) is 2. The number of para-hydroxylation sites is 1. The maximum atomic E-state index is 12.0. The van der Waals surface area contributed by atoms with E-state index in [0.717, 1.165) is 29.6 Å². The van der Waals surface area contributed by atoms with Crippen LogP contribution in [0.15, 0.2) is 36.7 Å². The average Bonchev–Trinajstić information content (AvgIpc) is 3.08. The third-order valence-corrected chi connectivity index (χ3v) is 4.12. The van der Waals surface area contributed by atoms with Gasteiger partial charge in [-0.25, -0.2) is 0 Å². The fourth-order valence-corrected chi connectivity index (χ4v) is 2.88. The zero-order valence-electron chi connectivity index (χ0n) is 13.6. The summed E-state index contributed by atoms with van der Waals surface area (Å²) in [5, 5.41) is 8.50. The number of aryl methyl sites for hydroxylation is 3. The molecule has 1 amide bonds. The monoisotopic (exact) mass is 310 g/mol. The van der Waals surface area contributed by atoms with Crippen molar-refractivity contribution < 1.29 is 4.79 Å². The Balaban J connectivity index is 1.47. The highest BCUT2D eigenvalue weighted by Gasteiger charge is 2.07. The van der Waals surface area contributed by atoms with Crippen molar-refractivity contribution in [1.29, 1.82) is 0 Å². The molecule has 5 nitrogen and oxygen atoms in total. The largest absolute Gasteiger partial charge is 0.361 e. The van der Waals surface area contributed by atoms with E-state index >= 15 is 0 Å². The molecule has 0 aliphatic carbocycles. The summed E-state index contributed by atoms with van der Waals surface area (Å²) >= 11 is 0. The van der Waals surface area contributed by atoms with Crippen molar-refractivity contribution in [3.8, 4) is 0 Å². The first kappa shape index (κ1) is 15.3. The van der Waals surface area contributed by atoms with Gasteiger partial charge in [0.15, 0.2) is 0 Å². The summed E-state index contributed by atoms with van der Waals surface area (Å²) in [5.41, 5.74) is 4.46. The van der Waals surface area contributed by atoms with Crippen LogP contribution in [-0.4, -0.2) is 20.7 Å². The first-order valence-corrected chi connectivity index (χ1v) is 7.94. The number of aromatic amines is 1. The second-order valence-corrected chi connectivity index (χ2v) is 5.90. The molecule has 120 valence electrons. The van der Waals surface area contributed by atoms with Crippen molar-refractivity contribution in [2.75, 3.05) is 0 Å². The van der Waals surface area contributed by atoms with E-state index in [4.69, 9.17) is 0 Å². The Labute approximate surface area is 135 Å². The van der Waals surface area contributed by atoms with Crippen LogP contribution >= 0.6 is 0 Å². The summed E-state index contributed by atoms with van der Waals surface area (Å²) in [6.07, 6.45) is 6.28. The number of nitrogens with one attached hydrogen (secondary N) is 2. The van der Waals surface area contributed by atoms with Crippen LogP contribution in [0.3, 0.4) is 0 Å². The Bertz CT molecular complexity index is 815. The van der Waals surface area contributed by atoms with Gasteiger partial charge in [0, 0.05) is 48.9 Å². The van der Waals surface area contributed by atoms with Gasteiger partial charge in [-0.2, -0.15) is 5.10 Å². The van der Waals surface area contributed by atoms with E-state index in [1.165, 1.54) is 10.9 Å². The number of hydrogen-bond acceptors (Lipinski definition) is 2. The van der Waals surface area contributed by atoms with Gasteiger partial charge in [-0.1, -0.05) is 18.2 Å². The van der Waals surface area contributed by atoms with E-state index in [1.807, 2.05) is 38.5 Å².